The van der Waals surface area contributed by atoms with E-state index >= 15 is 0 Å². The van der Waals surface area contributed by atoms with Gasteiger partial charge in [0.05, 0.1) is 5.25 Å². The van der Waals surface area contributed by atoms with E-state index in [1.54, 1.807) is 17.8 Å². The van der Waals surface area contributed by atoms with E-state index in [0.717, 1.165) is 18.5 Å². The summed E-state index contributed by atoms with van der Waals surface area (Å²) in [5.41, 5.74) is 0.868. The Labute approximate surface area is 117 Å². The largest absolute Gasteiger partial charge is 0.326 e. The van der Waals surface area contributed by atoms with Gasteiger partial charge in [0.1, 0.15) is 11.2 Å². The van der Waals surface area contributed by atoms with E-state index in [0.29, 0.717) is 6.54 Å². The second-order valence-electron chi connectivity index (χ2n) is 4.67. The van der Waals surface area contributed by atoms with Crippen LogP contribution in [-0.2, 0) is 4.79 Å². The molecule has 0 aromatic heterocycles. The first-order chi connectivity index (χ1) is 9.13. The summed E-state index contributed by atoms with van der Waals surface area (Å²) < 4.78 is 13.3. The lowest BCUT2D eigenvalue weighted by atomic mass is 10.2. The molecular weight excluding hydrogens is 263 g/mol. The van der Waals surface area contributed by atoms with Gasteiger partial charge in [0, 0.05) is 6.54 Å². The quantitative estimate of drug-likeness (QED) is 0.842. The van der Waals surface area contributed by atoms with Gasteiger partial charge < -0.3 is 10.2 Å². The van der Waals surface area contributed by atoms with Crippen molar-refractivity contribution in [2.45, 2.75) is 24.0 Å². The summed E-state index contributed by atoms with van der Waals surface area (Å²) in [4.78, 5) is 14.0. The van der Waals surface area contributed by atoms with E-state index in [4.69, 9.17) is 0 Å². The topological polar surface area (TPSA) is 32.3 Å². The standard InChI is InChI=1S/C14H19FN2OS/c1-10-13(18)17(8-4-7-16-2)14(19-10)11-5-3-6-12(15)9-11/h3,5-6,9-10,14,16H,4,7-8H2,1-2H3/t10-,14+/m1/s1. The van der Waals surface area contributed by atoms with E-state index in [1.165, 1.54) is 12.1 Å². The maximum atomic E-state index is 13.3. The molecule has 0 unspecified atom stereocenters. The Bertz CT molecular complexity index is 455. The Morgan fingerprint density at radius 1 is 1.47 bits per heavy atom. The number of hydrogen-bond donors (Lipinski definition) is 1. The first-order valence-electron chi connectivity index (χ1n) is 6.49. The summed E-state index contributed by atoms with van der Waals surface area (Å²) in [7, 11) is 1.90. The molecule has 0 saturated carbocycles. The number of nitrogens with one attached hydrogen (secondary N) is 1. The Kier molecular flexibility index (Phi) is 4.82. The van der Waals surface area contributed by atoms with Crippen LogP contribution in [-0.4, -0.2) is 36.2 Å². The predicted molar refractivity (Wildman–Crippen MR) is 76.5 cm³/mol. The van der Waals surface area contributed by atoms with Crippen LogP contribution >= 0.6 is 11.8 Å². The van der Waals surface area contributed by atoms with Crippen LogP contribution in [0.5, 0.6) is 0 Å². The first kappa shape index (κ1) is 14.3. The Hall–Kier alpha value is -1.07. The van der Waals surface area contributed by atoms with Crippen molar-refractivity contribution in [1.29, 1.82) is 0 Å². The molecule has 1 aromatic carbocycles. The van der Waals surface area contributed by atoms with Gasteiger partial charge in [-0.25, -0.2) is 4.39 Å². The zero-order valence-electron chi connectivity index (χ0n) is 11.2. The number of thioether (sulfide) groups is 1. The van der Waals surface area contributed by atoms with Gasteiger partial charge in [-0.2, -0.15) is 0 Å². The van der Waals surface area contributed by atoms with Crippen LogP contribution in [0.3, 0.4) is 0 Å². The minimum absolute atomic E-state index is 0.0529. The number of amides is 1. The maximum absolute atomic E-state index is 13.3. The van der Waals surface area contributed by atoms with Crippen molar-refractivity contribution in [3.05, 3.63) is 35.6 Å². The van der Waals surface area contributed by atoms with Gasteiger partial charge in [-0.15, -0.1) is 11.8 Å². The molecular formula is C14H19FN2OS. The molecule has 3 nitrogen and oxygen atoms in total. The SMILES string of the molecule is CNCCCN1C(=O)[C@@H](C)S[C@H]1c1cccc(F)c1. The third-order valence-electron chi connectivity index (χ3n) is 3.21. The number of hydrogen-bond acceptors (Lipinski definition) is 3. The minimum Gasteiger partial charge on any atom is -0.326 e. The molecule has 1 aromatic rings. The summed E-state index contributed by atoms with van der Waals surface area (Å²) >= 11 is 1.59. The number of carbonyl (C=O) groups excluding carboxylic acids is 1. The third kappa shape index (κ3) is 3.28. The van der Waals surface area contributed by atoms with E-state index < -0.39 is 0 Å². The summed E-state index contributed by atoms with van der Waals surface area (Å²) in [5.74, 6) is -0.101. The van der Waals surface area contributed by atoms with Crippen LogP contribution in [0.15, 0.2) is 24.3 Å². The smallest absolute Gasteiger partial charge is 0.236 e. The fraction of sp³-hybridized carbons (Fsp3) is 0.500. The predicted octanol–water partition coefficient (Wildman–Crippen LogP) is 2.40. The number of carbonyl (C=O) groups is 1. The molecule has 104 valence electrons. The van der Waals surface area contributed by atoms with Gasteiger partial charge >= 0.3 is 0 Å². The van der Waals surface area contributed by atoms with Gasteiger partial charge in [-0.3, -0.25) is 4.79 Å². The Balaban J connectivity index is 2.15. The van der Waals surface area contributed by atoms with E-state index in [-0.39, 0.29) is 22.3 Å². The molecule has 1 N–H and O–H groups in total. The lowest BCUT2D eigenvalue weighted by molar-refractivity contribution is -0.129. The van der Waals surface area contributed by atoms with Gasteiger partial charge in [0.15, 0.2) is 0 Å². The summed E-state index contributed by atoms with van der Waals surface area (Å²) in [6, 6.07) is 6.54. The molecule has 0 spiro atoms. The van der Waals surface area contributed by atoms with Crippen molar-refractivity contribution in [3.8, 4) is 0 Å². The molecule has 5 heteroatoms. The fourth-order valence-corrected chi connectivity index (χ4v) is 3.54. The summed E-state index contributed by atoms with van der Waals surface area (Å²) in [6.07, 6.45) is 0.904. The van der Waals surface area contributed by atoms with Gasteiger partial charge in [-0.05, 0) is 44.6 Å². The van der Waals surface area contributed by atoms with Gasteiger partial charge in [0.25, 0.3) is 0 Å². The molecule has 1 heterocycles. The molecule has 1 aliphatic heterocycles. The molecule has 1 saturated heterocycles. The summed E-state index contributed by atoms with van der Waals surface area (Å²) in [5, 5.41) is 2.96. The highest BCUT2D eigenvalue weighted by molar-refractivity contribution is 8.01. The Morgan fingerprint density at radius 2 is 2.26 bits per heavy atom. The van der Waals surface area contributed by atoms with E-state index in [9.17, 15) is 9.18 Å². The van der Waals surface area contributed by atoms with Crippen molar-refractivity contribution in [3.63, 3.8) is 0 Å². The number of rotatable bonds is 5. The van der Waals surface area contributed by atoms with Gasteiger partial charge in [0.2, 0.25) is 5.91 Å². The fourth-order valence-electron chi connectivity index (χ4n) is 2.25. The van der Waals surface area contributed by atoms with Gasteiger partial charge in [-0.1, -0.05) is 12.1 Å². The normalized spacial score (nSPS) is 23.1. The van der Waals surface area contributed by atoms with Crippen LogP contribution in [0, 0.1) is 5.82 Å². The monoisotopic (exact) mass is 282 g/mol. The Morgan fingerprint density at radius 3 is 2.95 bits per heavy atom. The van der Waals surface area contributed by atoms with Crippen molar-refractivity contribution in [2.24, 2.45) is 0 Å². The maximum Gasteiger partial charge on any atom is 0.236 e. The molecule has 0 bridgehead atoms. The van der Waals surface area contributed by atoms with E-state index in [1.807, 2.05) is 24.9 Å². The van der Waals surface area contributed by atoms with Crippen LogP contribution in [0.4, 0.5) is 4.39 Å². The molecule has 2 rings (SSSR count). The van der Waals surface area contributed by atoms with Crippen molar-refractivity contribution < 1.29 is 9.18 Å². The minimum atomic E-state index is -0.250. The molecule has 1 aliphatic rings. The van der Waals surface area contributed by atoms with Crippen LogP contribution in [0.1, 0.15) is 24.3 Å². The zero-order valence-corrected chi connectivity index (χ0v) is 12.0. The highest BCUT2D eigenvalue weighted by atomic mass is 32.2. The lowest BCUT2D eigenvalue weighted by Gasteiger charge is -2.24. The zero-order chi connectivity index (χ0) is 13.8. The third-order valence-corrected chi connectivity index (χ3v) is 4.60. The molecule has 0 radical (unpaired) electrons. The van der Waals surface area contributed by atoms with Crippen molar-refractivity contribution in [1.82, 2.24) is 10.2 Å². The molecule has 19 heavy (non-hydrogen) atoms. The molecule has 1 amide bonds. The average Bonchev–Trinajstić information content (AvgIpc) is 2.67. The highest BCUT2D eigenvalue weighted by Crippen LogP contribution is 2.42. The molecule has 0 aliphatic carbocycles. The summed E-state index contributed by atoms with van der Waals surface area (Å²) in [6.45, 7) is 3.49. The van der Waals surface area contributed by atoms with Crippen LogP contribution in [0.2, 0.25) is 0 Å². The second-order valence-corrected chi connectivity index (χ2v) is 6.10. The lowest BCUT2D eigenvalue weighted by Crippen LogP contribution is -2.32. The van der Waals surface area contributed by atoms with E-state index in [2.05, 4.69) is 5.32 Å². The number of benzene rings is 1. The van der Waals surface area contributed by atoms with Crippen molar-refractivity contribution >= 4 is 17.7 Å². The first-order valence-corrected chi connectivity index (χ1v) is 7.43. The average molecular weight is 282 g/mol. The molecule has 2 atom stereocenters. The number of nitrogens with zero attached hydrogens (tertiary/aromatic N) is 1. The van der Waals surface area contributed by atoms with Crippen molar-refractivity contribution in [2.75, 3.05) is 20.1 Å². The van der Waals surface area contributed by atoms with Crippen LogP contribution < -0.4 is 5.32 Å². The van der Waals surface area contributed by atoms with Crippen LogP contribution in [0.25, 0.3) is 0 Å². The highest BCUT2D eigenvalue weighted by Gasteiger charge is 2.37. The number of halogens is 1. The molecule has 1 fully saturated rings. The second kappa shape index (κ2) is 6.39.